The second-order valence-electron chi connectivity index (χ2n) is 4.55. The van der Waals surface area contributed by atoms with Gasteiger partial charge in [0.1, 0.15) is 6.04 Å². The van der Waals surface area contributed by atoms with Crippen molar-refractivity contribution in [1.29, 1.82) is 0 Å². The van der Waals surface area contributed by atoms with E-state index >= 15 is 0 Å². The highest BCUT2D eigenvalue weighted by Crippen LogP contribution is 2.11. The van der Waals surface area contributed by atoms with Crippen LogP contribution in [0, 0.1) is 0 Å². The number of carbonyl (C=O) groups is 1. The molecule has 1 fully saturated rings. The molecule has 0 aromatic carbocycles. The lowest BCUT2D eigenvalue weighted by Crippen LogP contribution is -2.47. The summed E-state index contributed by atoms with van der Waals surface area (Å²) in [6.45, 7) is 5.64. The molecule has 0 aromatic heterocycles. The molecule has 1 heterocycles. The molecule has 0 saturated carbocycles. The molecule has 0 aromatic rings. The van der Waals surface area contributed by atoms with Gasteiger partial charge < -0.3 is 16.2 Å². The third-order valence-electron chi connectivity index (χ3n) is 3.14. The van der Waals surface area contributed by atoms with Crippen molar-refractivity contribution >= 4 is 5.97 Å². The largest absolute Gasteiger partial charge is 0.480 e. The maximum atomic E-state index is 10.5. The molecule has 0 amide bonds. The molecule has 0 aliphatic carbocycles. The van der Waals surface area contributed by atoms with E-state index in [1.807, 2.05) is 0 Å². The summed E-state index contributed by atoms with van der Waals surface area (Å²) in [7, 11) is 0. The highest BCUT2D eigenvalue weighted by Gasteiger charge is 2.17. The summed E-state index contributed by atoms with van der Waals surface area (Å²) >= 11 is 0. The second-order valence-corrected chi connectivity index (χ2v) is 4.55. The molecule has 16 heavy (non-hydrogen) atoms. The van der Waals surface area contributed by atoms with Crippen molar-refractivity contribution in [2.75, 3.05) is 26.2 Å². The first-order chi connectivity index (χ1) is 7.61. The highest BCUT2D eigenvalue weighted by atomic mass is 16.4. The fourth-order valence-corrected chi connectivity index (χ4v) is 2.02. The molecule has 1 aliphatic rings. The summed E-state index contributed by atoms with van der Waals surface area (Å²) in [4.78, 5) is 12.9. The van der Waals surface area contributed by atoms with Crippen molar-refractivity contribution in [3.8, 4) is 0 Å². The third kappa shape index (κ3) is 4.47. The predicted octanol–water partition coefficient (Wildman–Crippen LogP) is -0.138. The van der Waals surface area contributed by atoms with Gasteiger partial charge in [0.05, 0.1) is 0 Å². The van der Waals surface area contributed by atoms with Crippen LogP contribution in [0.4, 0.5) is 0 Å². The van der Waals surface area contributed by atoms with Gasteiger partial charge in [-0.15, -0.1) is 0 Å². The lowest BCUT2D eigenvalue weighted by Gasteiger charge is -2.32. The summed E-state index contributed by atoms with van der Waals surface area (Å²) in [6.07, 6.45) is 3.89. The maximum Gasteiger partial charge on any atom is 0.321 e. The van der Waals surface area contributed by atoms with Gasteiger partial charge in [0.2, 0.25) is 0 Å². The van der Waals surface area contributed by atoms with Crippen LogP contribution >= 0.6 is 0 Å². The summed E-state index contributed by atoms with van der Waals surface area (Å²) < 4.78 is 0. The molecule has 1 saturated heterocycles. The van der Waals surface area contributed by atoms with Gasteiger partial charge in [-0.1, -0.05) is 6.42 Å². The van der Waals surface area contributed by atoms with E-state index in [4.69, 9.17) is 10.8 Å². The van der Waals surface area contributed by atoms with Crippen molar-refractivity contribution in [1.82, 2.24) is 10.2 Å². The zero-order valence-corrected chi connectivity index (χ0v) is 9.98. The first-order valence-electron chi connectivity index (χ1n) is 6.04. The Kier molecular flexibility index (Phi) is 5.73. The number of nitrogens with one attached hydrogen (secondary N) is 1. The number of likely N-dealkylation sites (tertiary alicyclic amines) is 1. The average Bonchev–Trinajstić information content (AvgIpc) is 2.29. The zero-order chi connectivity index (χ0) is 12.0. The number of aliphatic carboxylic acids is 1. The van der Waals surface area contributed by atoms with E-state index in [1.54, 1.807) is 0 Å². The summed E-state index contributed by atoms with van der Waals surface area (Å²) in [5.41, 5.74) is 5.41. The number of nitrogens with two attached hydrogens (primary N) is 1. The minimum absolute atomic E-state index is 0.341. The van der Waals surface area contributed by atoms with Crippen LogP contribution in [0.3, 0.4) is 0 Å². The first kappa shape index (κ1) is 13.4. The lowest BCUT2D eigenvalue weighted by atomic mass is 10.1. The van der Waals surface area contributed by atoms with Crippen molar-refractivity contribution in [3.63, 3.8) is 0 Å². The van der Waals surface area contributed by atoms with Crippen LogP contribution in [0.5, 0.6) is 0 Å². The van der Waals surface area contributed by atoms with Gasteiger partial charge in [-0.05, 0) is 32.9 Å². The van der Waals surface area contributed by atoms with Gasteiger partial charge in [0.25, 0.3) is 0 Å². The van der Waals surface area contributed by atoms with Crippen molar-refractivity contribution in [2.24, 2.45) is 5.73 Å². The van der Waals surface area contributed by atoms with Crippen LogP contribution in [-0.4, -0.2) is 54.2 Å². The van der Waals surface area contributed by atoms with Gasteiger partial charge in [-0.25, -0.2) is 0 Å². The quantitative estimate of drug-likeness (QED) is 0.591. The summed E-state index contributed by atoms with van der Waals surface area (Å²) in [6, 6.07) is -0.338. The standard InChI is InChI=1S/C11H23N3O2/c1-9(14-5-3-2-4-6-14)7-13-8-10(12)11(15)16/h9-10,13H,2-8,12H2,1H3,(H,15,16). The monoisotopic (exact) mass is 229 g/mol. The first-order valence-corrected chi connectivity index (χ1v) is 6.04. The molecule has 2 unspecified atom stereocenters. The molecule has 1 rings (SSSR count). The number of piperidine rings is 1. The number of carboxylic acid groups (broad SMARTS) is 1. The van der Waals surface area contributed by atoms with E-state index in [0.29, 0.717) is 12.6 Å². The number of rotatable bonds is 6. The van der Waals surface area contributed by atoms with Gasteiger partial charge in [0, 0.05) is 19.1 Å². The Morgan fingerprint density at radius 3 is 2.56 bits per heavy atom. The van der Waals surface area contributed by atoms with E-state index < -0.39 is 12.0 Å². The predicted molar refractivity (Wildman–Crippen MR) is 63.4 cm³/mol. The molecule has 5 heteroatoms. The van der Waals surface area contributed by atoms with Gasteiger partial charge in [-0.3, -0.25) is 9.69 Å². The van der Waals surface area contributed by atoms with Crippen LogP contribution in [0.25, 0.3) is 0 Å². The topological polar surface area (TPSA) is 78.6 Å². The molecule has 4 N–H and O–H groups in total. The molecule has 2 atom stereocenters. The van der Waals surface area contributed by atoms with Crippen molar-refractivity contribution in [2.45, 2.75) is 38.3 Å². The number of hydrogen-bond acceptors (Lipinski definition) is 4. The number of carboxylic acids is 1. The lowest BCUT2D eigenvalue weighted by molar-refractivity contribution is -0.138. The van der Waals surface area contributed by atoms with Crippen LogP contribution in [0.15, 0.2) is 0 Å². The molecular formula is C11H23N3O2. The molecule has 94 valence electrons. The number of hydrogen-bond donors (Lipinski definition) is 3. The Balaban J connectivity index is 2.14. The van der Waals surface area contributed by atoms with Crippen molar-refractivity contribution < 1.29 is 9.90 Å². The second kappa shape index (κ2) is 6.83. The summed E-state index contributed by atoms with van der Waals surface area (Å²) in [5.74, 6) is -0.946. The third-order valence-corrected chi connectivity index (χ3v) is 3.14. The van der Waals surface area contributed by atoms with Gasteiger partial charge in [0.15, 0.2) is 0 Å². The smallest absolute Gasteiger partial charge is 0.321 e. The average molecular weight is 229 g/mol. The zero-order valence-electron chi connectivity index (χ0n) is 9.98. The molecule has 5 nitrogen and oxygen atoms in total. The Bertz CT molecular complexity index is 217. The van der Waals surface area contributed by atoms with E-state index in [9.17, 15) is 4.79 Å². The molecule has 0 bridgehead atoms. The van der Waals surface area contributed by atoms with Crippen molar-refractivity contribution in [3.05, 3.63) is 0 Å². The Morgan fingerprint density at radius 2 is 2.00 bits per heavy atom. The minimum Gasteiger partial charge on any atom is -0.480 e. The number of nitrogens with zero attached hydrogens (tertiary/aromatic N) is 1. The van der Waals surface area contributed by atoms with Crippen LogP contribution < -0.4 is 11.1 Å². The Morgan fingerprint density at radius 1 is 1.38 bits per heavy atom. The van der Waals surface area contributed by atoms with Gasteiger partial charge in [-0.2, -0.15) is 0 Å². The van der Waals surface area contributed by atoms with Gasteiger partial charge >= 0.3 is 5.97 Å². The fourth-order valence-electron chi connectivity index (χ4n) is 2.02. The molecule has 0 radical (unpaired) electrons. The Labute approximate surface area is 97.0 Å². The molecular weight excluding hydrogens is 206 g/mol. The molecule has 1 aliphatic heterocycles. The Hall–Kier alpha value is -0.650. The van der Waals surface area contributed by atoms with E-state index in [1.165, 1.54) is 19.3 Å². The normalized spacial score (nSPS) is 21.6. The van der Waals surface area contributed by atoms with E-state index in [2.05, 4.69) is 17.1 Å². The molecule has 0 spiro atoms. The SMILES string of the molecule is CC(CNCC(N)C(=O)O)N1CCCCC1. The summed E-state index contributed by atoms with van der Waals surface area (Å²) in [5, 5.41) is 11.7. The van der Waals surface area contributed by atoms with E-state index in [-0.39, 0.29) is 0 Å². The maximum absolute atomic E-state index is 10.5. The highest BCUT2D eigenvalue weighted by molar-refractivity contribution is 5.73. The fraction of sp³-hybridized carbons (Fsp3) is 0.909. The van der Waals surface area contributed by atoms with Crippen LogP contribution in [0.1, 0.15) is 26.2 Å². The van der Waals surface area contributed by atoms with Crippen LogP contribution in [0.2, 0.25) is 0 Å². The minimum atomic E-state index is -0.946. The van der Waals surface area contributed by atoms with Crippen LogP contribution in [-0.2, 0) is 4.79 Å². The van der Waals surface area contributed by atoms with E-state index in [0.717, 1.165) is 19.6 Å².